The maximum absolute atomic E-state index is 7.71. The summed E-state index contributed by atoms with van der Waals surface area (Å²) in [7, 11) is 3.62. The van der Waals surface area contributed by atoms with Crippen LogP contribution in [0.3, 0.4) is 0 Å². The molecular weight excluding hydrogens is 224 g/mol. The molecule has 0 heterocycles. The summed E-state index contributed by atoms with van der Waals surface area (Å²) in [5.41, 5.74) is 1.15. The van der Waals surface area contributed by atoms with Crippen LogP contribution in [0, 0.1) is 5.41 Å². The predicted octanol–water partition coefficient (Wildman–Crippen LogP) is 3.38. The molecule has 0 saturated heterocycles. The molecular formula is C15H22N2O. The topological polar surface area (TPSA) is 36.3 Å². The van der Waals surface area contributed by atoms with E-state index in [9.17, 15) is 0 Å². The Morgan fingerprint density at radius 2 is 2.00 bits per heavy atom. The Kier molecular flexibility index (Phi) is 5.98. The number of ether oxygens (including phenoxy) is 1. The van der Waals surface area contributed by atoms with Crippen molar-refractivity contribution >= 4 is 12.1 Å². The summed E-state index contributed by atoms with van der Waals surface area (Å²) >= 11 is 0. The van der Waals surface area contributed by atoms with E-state index in [0.717, 1.165) is 18.4 Å². The van der Waals surface area contributed by atoms with E-state index >= 15 is 0 Å². The molecule has 0 bridgehead atoms. The van der Waals surface area contributed by atoms with Crippen molar-refractivity contribution in [1.82, 2.24) is 4.90 Å². The van der Waals surface area contributed by atoms with Crippen LogP contribution in [0.2, 0.25) is 0 Å². The summed E-state index contributed by atoms with van der Waals surface area (Å²) < 4.78 is 5.60. The molecule has 0 aliphatic rings. The van der Waals surface area contributed by atoms with E-state index in [0.29, 0.717) is 0 Å². The molecule has 0 radical (unpaired) electrons. The Morgan fingerprint density at radius 1 is 1.33 bits per heavy atom. The second-order valence-corrected chi connectivity index (χ2v) is 4.41. The molecule has 3 heteroatoms. The van der Waals surface area contributed by atoms with E-state index in [1.54, 1.807) is 4.90 Å². The fourth-order valence-corrected chi connectivity index (χ4v) is 1.51. The first kappa shape index (κ1) is 14.3. The molecule has 0 aliphatic carbocycles. The minimum absolute atomic E-state index is 0.0369. The first-order valence-electron chi connectivity index (χ1n) is 6.29. The van der Waals surface area contributed by atoms with Gasteiger partial charge in [-0.2, -0.15) is 0 Å². The van der Waals surface area contributed by atoms with E-state index in [2.05, 4.69) is 19.1 Å². The number of hydrogen-bond acceptors (Lipinski definition) is 2. The van der Waals surface area contributed by atoms with Gasteiger partial charge >= 0.3 is 0 Å². The highest BCUT2D eigenvalue weighted by atomic mass is 16.5. The van der Waals surface area contributed by atoms with Crippen molar-refractivity contribution in [2.24, 2.45) is 0 Å². The van der Waals surface area contributed by atoms with Crippen LogP contribution in [0.25, 0.3) is 6.08 Å². The summed E-state index contributed by atoms with van der Waals surface area (Å²) in [5, 5.41) is 7.71. The van der Waals surface area contributed by atoms with Crippen LogP contribution < -0.4 is 0 Å². The molecule has 0 aromatic heterocycles. The van der Waals surface area contributed by atoms with Crippen molar-refractivity contribution in [2.75, 3.05) is 14.1 Å². The van der Waals surface area contributed by atoms with E-state index in [1.165, 1.54) is 0 Å². The van der Waals surface area contributed by atoms with Gasteiger partial charge in [-0.15, -0.1) is 0 Å². The zero-order valence-corrected chi connectivity index (χ0v) is 11.4. The van der Waals surface area contributed by atoms with Gasteiger partial charge in [0, 0.05) is 14.1 Å². The fraction of sp³-hybridized carbons (Fsp3) is 0.400. The molecule has 3 nitrogen and oxygen atoms in total. The Balaban J connectivity index is 2.62. The Labute approximate surface area is 110 Å². The van der Waals surface area contributed by atoms with Gasteiger partial charge < -0.3 is 9.64 Å². The van der Waals surface area contributed by atoms with Crippen molar-refractivity contribution in [1.29, 1.82) is 5.41 Å². The average Bonchev–Trinajstić information content (AvgIpc) is 2.37. The van der Waals surface area contributed by atoms with Crippen molar-refractivity contribution in [2.45, 2.75) is 25.9 Å². The first-order chi connectivity index (χ1) is 8.63. The molecule has 18 heavy (non-hydrogen) atoms. The number of nitrogens with one attached hydrogen (secondary N) is 1. The standard InChI is InChI=1S/C15H22N2O/c1-4-8-14(18-15(16)17(2)3)12-11-13-9-6-5-7-10-13/h5-7,9-12,14,16H,4,8H2,1-3H3/b12-11+,16-15?. The van der Waals surface area contributed by atoms with Crippen LogP contribution in [0.5, 0.6) is 0 Å². The van der Waals surface area contributed by atoms with Crippen LogP contribution in [0.4, 0.5) is 0 Å². The first-order valence-corrected chi connectivity index (χ1v) is 6.29. The summed E-state index contributed by atoms with van der Waals surface area (Å²) in [6.07, 6.45) is 5.98. The van der Waals surface area contributed by atoms with E-state index in [-0.39, 0.29) is 12.1 Å². The molecule has 0 amide bonds. The molecule has 0 aliphatic heterocycles. The van der Waals surface area contributed by atoms with Gasteiger partial charge in [0.25, 0.3) is 6.02 Å². The van der Waals surface area contributed by atoms with Gasteiger partial charge in [-0.25, -0.2) is 0 Å². The fourth-order valence-electron chi connectivity index (χ4n) is 1.51. The highest BCUT2D eigenvalue weighted by molar-refractivity contribution is 5.70. The lowest BCUT2D eigenvalue weighted by Gasteiger charge is -2.19. The molecule has 1 unspecified atom stereocenters. The van der Waals surface area contributed by atoms with Crippen molar-refractivity contribution < 1.29 is 4.74 Å². The van der Waals surface area contributed by atoms with Gasteiger partial charge in [0.15, 0.2) is 0 Å². The number of nitrogens with zero attached hydrogens (tertiary/aromatic N) is 1. The van der Waals surface area contributed by atoms with Crippen LogP contribution in [-0.4, -0.2) is 31.1 Å². The molecule has 1 rings (SSSR count). The molecule has 1 aromatic carbocycles. The Hall–Kier alpha value is -1.77. The minimum atomic E-state index is -0.0369. The second kappa shape index (κ2) is 7.54. The van der Waals surface area contributed by atoms with Crippen LogP contribution in [-0.2, 0) is 4.74 Å². The van der Waals surface area contributed by atoms with Crippen molar-refractivity contribution in [3.63, 3.8) is 0 Å². The third-order valence-electron chi connectivity index (χ3n) is 2.55. The lowest BCUT2D eigenvalue weighted by atomic mass is 10.1. The summed E-state index contributed by atoms with van der Waals surface area (Å²) in [5.74, 6) is 0. The number of rotatable bonds is 5. The third-order valence-corrected chi connectivity index (χ3v) is 2.55. The smallest absolute Gasteiger partial charge is 0.284 e. The van der Waals surface area contributed by atoms with Gasteiger partial charge in [0.2, 0.25) is 0 Å². The molecule has 1 aromatic rings. The van der Waals surface area contributed by atoms with Gasteiger partial charge in [-0.3, -0.25) is 5.41 Å². The lowest BCUT2D eigenvalue weighted by molar-refractivity contribution is 0.189. The maximum atomic E-state index is 7.71. The summed E-state index contributed by atoms with van der Waals surface area (Å²) in [4.78, 5) is 1.67. The molecule has 0 spiro atoms. The predicted molar refractivity (Wildman–Crippen MR) is 76.7 cm³/mol. The zero-order chi connectivity index (χ0) is 13.4. The largest absolute Gasteiger partial charge is 0.458 e. The molecule has 1 N–H and O–H groups in total. The molecule has 0 fully saturated rings. The summed E-state index contributed by atoms with van der Waals surface area (Å²) in [6, 6.07) is 10.3. The van der Waals surface area contributed by atoms with E-state index in [4.69, 9.17) is 10.1 Å². The Bertz CT molecular complexity index is 385. The molecule has 0 saturated carbocycles. The van der Waals surface area contributed by atoms with Crippen molar-refractivity contribution in [3.05, 3.63) is 42.0 Å². The quantitative estimate of drug-likeness (QED) is 0.638. The van der Waals surface area contributed by atoms with Gasteiger partial charge in [-0.05, 0) is 18.1 Å². The number of benzene rings is 1. The second-order valence-electron chi connectivity index (χ2n) is 4.41. The normalized spacial score (nSPS) is 12.4. The van der Waals surface area contributed by atoms with Gasteiger partial charge in [0.1, 0.15) is 6.10 Å². The third kappa shape index (κ3) is 5.04. The van der Waals surface area contributed by atoms with Gasteiger partial charge in [-0.1, -0.05) is 49.8 Å². The maximum Gasteiger partial charge on any atom is 0.284 e. The van der Waals surface area contributed by atoms with Crippen LogP contribution in [0.15, 0.2) is 36.4 Å². The molecule has 98 valence electrons. The number of amidine groups is 1. The number of hydrogen-bond donors (Lipinski definition) is 1. The van der Waals surface area contributed by atoms with Crippen LogP contribution >= 0.6 is 0 Å². The SMILES string of the molecule is CCCC(/C=C/c1ccccc1)OC(=N)N(C)C. The van der Waals surface area contributed by atoms with Crippen LogP contribution in [0.1, 0.15) is 25.3 Å². The summed E-state index contributed by atoms with van der Waals surface area (Å²) in [6.45, 7) is 2.12. The lowest BCUT2D eigenvalue weighted by Crippen LogP contribution is -2.27. The molecule has 1 atom stereocenters. The highest BCUT2D eigenvalue weighted by Gasteiger charge is 2.08. The monoisotopic (exact) mass is 246 g/mol. The minimum Gasteiger partial charge on any atom is -0.458 e. The van der Waals surface area contributed by atoms with E-state index < -0.39 is 0 Å². The highest BCUT2D eigenvalue weighted by Crippen LogP contribution is 2.09. The van der Waals surface area contributed by atoms with E-state index in [1.807, 2.05) is 44.4 Å². The average molecular weight is 246 g/mol. The van der Waals surface area contributed by atoms with Crippen molar-refractivity contribution in [3.8, 4) is 0 Å². The Morgan fingerprint density at radius 3 is 2.56 bits per heavy atom. The van der Waals surface area contributed by atoms with Gasteiger partial charge in [0.05, 0.1) is 0 Å². The zero-order valence-electron chi connectivity index (χ0n) is 11.4.